The lowest BCUT2D eigenvalue weighted by Crippen LogP contribution is -2.45. The van der Waals surface area contributed by atoms with Crippen molar-refractivity contribution in [2.24, 2.45) is 0 Å². The molecule has 4 rings (SSSR count). The molecule has 0 spiro atoms. The van der Waals surface area contributed by atoms with Gasteiger partial charge in [0, 0.05) is 31.5 Å². The quantitative estimate of drug-likeness (QED) is 0.583. The molecule has 1 aliphatic heterocycles. The number of rotatable bonds is 3. The van der Waals surface area contributed by atoms with Crippen LogP contribution in [-0.4, -0.2) is 51.8 Å². The number of alkyl halides is 6. The van der Waals surface area contributed by atoms with E-state index in [-0.39, 0.29) is 12.0 Å². The summed E-state index contributed by atoms with van der Waals surface area (Å²) in [5.74, 6) is -4.66. The lowest BCUT2D eigenvalue weighted by Gasteiger charge is -2.39. The Morgan fingerprint density at radius 3 is 2.33 bits per heavy atom. The fraction of sp³-hybridized carbons (Fsp3) is 0.409. The van der Waals surface area contributed by atoms with Crippen molar-refractivity contribution in [2.75, 3.05) is 13.1 Å². The Balaban J connectivity index is 0.000000383. The zero-order valence-electron chi connectivity index (χ0n) is 17.2. The lowest BCUT2D eigenvalue weighted by atomic mass is 9.72. The molecule has 2 heterocycles. The lowest BCUT2D eigenvalue weighted by molar-refractivity contribution is -0.192. The number of hydrogen-bond donors (Lipinski definition) is 3. The summed E-state index contributed by atoms with van der Waals surface area (Å²) in [4.78, 5) is 8.90. The predicted molar refractivity (Wildman–Crippen MR) is 107 cm³/mol. The van der Waals surface area contributed by atoms with Gasteiger partial charge in [0.2, 0.25) is 0 Å². The SMILES string of the molecule is O=C(O)C(F)(F)F.OC1(CCc2ccccc2)C=C2CNCCn3ccc(c32)C1C(F)(F)F. The highest BCUT2D eigenvalue weighted by Gasteiger charge is 2.56. The Kier molecular flexibility index (Phi) is 6.94. The molecule has 2 unspecified atom stereocenters. The molecule has 1 aliphatic carbocycles. The second-order valence-corrected chi connectivity index (χ2v) is 7.91. The molecule has 2 atom stereocenters. The first-order valence-electron chi connectivity index (χ1n) is 10.1. The van der Waals surface area contributed by atoms with Crippen LogP contribution in [-0.2, 0) is 17.8 Å². The highest BCUT2D eigenvalue weighted by molar-refractivity contribution is 5.73. The molecular weight excluding hydrogens is 454 g/mol. The number of carboxylic acid groups (broad SMARTS) is 1. The van der Waals surface area contributed by atoms with E-state index in [0.29, 0.717) is 31.7 Å². The predicted octanol–water partition coefficient (Wildman–Crippen LogP) is 4.13. The first-order valence-corrected chi connectivity index (χ1v) is 10.1. The molecule has 2 aromatic rings. The maximum absolute atomic E-state index is 14.0. The zero-order valence-corrected chi connectivity index (χ0v) is 17.2. The number of carboxylic acids is 1. The number of benzene rings is 1. The molecule has 0 saturated carbocycles. The van der Waals surface area contributed by atoms with E-state index in [0.717, 1.165) is 11.1 Å². The van der Waals surface area contributed by atoms with Gasteiger partial charge in [-0.05, 0) is 41.7 Å². The van der Waals surface area contributed by atoms with Gasteiger partial charge in [-0.3, -0.25) is 0 Å². The second-order valence-electron chi connectivity index (χ2n) is 7.91. The van der Waals surface area contributed by atoms with Crippen molar-refractivity contribution in [3.05, 3.63) is 65.5 Å². The Hall–Kier alpha value is -2.79. The van der Waals surface area contributed by atoms with Gasteiger partial charge in [0.1, 0.15) is 5.92 Å². The van der Waals surface area contributed by atoms with Crippen molar-refractivity contribution in [3.8, 4) is 0 Å². The molecule has 3 N–H and O–H groups in total. The monoisotopic (exact) mass is 476 g/mol. The number of hydrogen-bond acceptors (Lipinski definition) is 3. The summed E-state index contributed by atoms with van der Waals surface area (Å²) in [6.07, 6.45) is -6.04. The van der Waals surface area contributed by atoms with Crippen molar-refractivity contribution in [3.63, 3.8) is 0 Å². The van der Waals surface area contributed by atoms with Crippen LogP contribution in [0, 0.1) is 0 Å². The highest BCUT2D eigenvalue weighted by Crippen LogP contribution is 2.51. The van der Waals surface area contributed by atoms with Crippen molar-refractivity contribution >= 4 is 11.5 Å². The maximum atomic E-state index is 14.0. The smallest absolute Gasteiger partial charge is 0.475 e. The number of aryl methyl sites for hydroxylation is 1. The fourth-order valence-electron chi connectivity index (χ4n) is 4.22. The van der Waals surface area contributed by atoms with Crippen LogP contribution in [0.25, 0.3) is 5.57 Å². The normalized spacial score (nSPS) is 22.4. The number of aromatic nitrogens is 1. The third-order valence-electron chi connectivity index (χ3n) is 5.61. The molecule has 2 aliphatic rings. The third-order valence-corrected chi connectivity index (χ3v) is 5.61. The summed E-state index contributed by atoms with van der Waals surface area (Å²) in [5, 5.41) is 21.5. The van der Waals surface area contributed by atoms with Gasteiger partial charge in [-0.1, -0.05) is 30.3 Å². The Labute approximate surface area is 185 Å². The van der Waals surface area contributed by atoms with Crippen LogP contribution < -0.4 is 5.32 Å². The van der Waals surface area contributed by atoms with Gasteiger partial charge >= 0.3 is 18.3 Å². The molecule has 11 heteroatoms. The van der Waals surface area contributed by atoms with E-state index in [1.807, 2.05) is 34.9 Å². The molecule has 0 amide bonds. The Morgan fingerprint density at radius 2 is 1.76 bits per heavy atom. The van der Waals surface area contributed by atoms with E-state index in [2.05, 4.69) is 5.32 Å². The van der Waals surface area contributed by atoms with Crippen LogP contribution in [0.1, 0.15) is 29.2 Å². The van der Waals surface area contributed by atoms with E-state index >= 15 is 0 Å². The number of aliphatic hydroxyl groups is 1. The average Bonchev–Trinajstić information content (AvgIpc) is 3.01. The average molecular weight is 476 g/mol. The van der Waals surface area contributed by atoms with E-state index in [9.17, 15) is 31.4 Å². The van der Waals surface area contributed by atoms with E-state index in [4.69, 9.17) is 9.90 Å². The van der Waals surface area contributed by atoms with Crippen LogP contribution in [0.5, 0.6) is 0 Å². The first kappa shape index (κ1) is 24.8. The first-order chi connectivity index (χ1) is 15.3. The minimum Gasteiger partial charge on any atom is -0.475 e. The Bertz CT molecular complexity index is 1010. The maximum Gasteiger partial charge on any atom is 0.490 e. The minimum absolute atomic E-state index is 0.0231. The van der Waals surface area contributed by atoms with Crippen molar-refractivity contribution in [1.29, 1.82) is 0 Å². The molecular formula is C22H22F6N2O3. The fourth-order valence-corrected chi connectivity index (χ4v) is 4.22. The van der Waals surface area contributed by atoms with Crippen LogP contribution in [0.15, 0.2) is 48.7 Å². The van der Waals surface area contributed by atoms with Gasteiger partial charge in [0.25, 0.3) is 0 Å². The van der Waals surface area contributed by atoms with Crippen molar-refractivity contribution in [1.82, 2.24) is 9.88 Å². The summed E-state index contributed by atoms with van der Waals surface area (Å²) in [5.41, 5.74) is 0.520. The van der Waals surface area contributed by atoms with Gasteiger partial charge in [0.05, 0.1) is 5.60 Å². The zero-order chi connectivity index (χ0) is 24.4. The topological polar surface area (TPSA) is 74.5 Å². The largest absolute Gasteiger partial charge is 0.490 e. The molecule has 33 heavy (non-hydrogen) atoms. The molecule has 5 nitrogen and oxygen atoms in total. The number of carbonyl (C=O) groups is 1. The molecule has 0 radical (unpaired) electrons. The van der Waals surface area contributed by atoms with Gasteiger partial charge < -0.3 is 20.1 Å². The van der Waals surface area contributed by atoms with Crippen LogP contribution in [0.4, 0.5) is 26.3 Å². The third kappa shape index (κ3) is 5.59. The summed E-state index contributed by atoms with van der Waals surface area (Å²) in [6.45, 7) is 1.78. The molecule has 180 valence electrons. The minimum atomic E-state index is -5.08. The summed E-state index contributed by atoms with van der Waals surface area (Å²) in [7, 11) is 0. The van der Waals surface area contributed by atoms with E-state index < -0.39 is 29.8 Å². The molecule has 0 saturated heterocycles. The van der Waals surface area contributed by atoms with E-state index in [1.54, 1.807) is 6.20 Å². The van der Waals surface area contributed by atoms with Crippen LogP contribution in [0.3, 0.4) is 0 Å². The summed E-state index contributed by atoms with van der Waals surface area (Å²) < 4.78 is 75.6. The van der Waals surface area contributed by atoms with Crippen LogP contribution in [0.2, 0.25) is 0 Å². The summed E-state index contributed by atoms with van der Waals surface area (Å²) in [6, 6.07) is 10.8. The summed E-state index contributed by atoms with van der Waals surface area (Å²) >= 11 is 0. The second kappa shape index (κ2) is 9.22. The standard InChI is InChI=1S/C20H21F3N2O.C2HF3O2/c21-20(22,23)18-16-7-10-25-11-9-24-13-15(17(16)25)12-19(18,26)8-6-14-4-2-1-3-5-14;3-2(4,5)1(6)7/h1-5,7,10,12,18,24,26H,6,8-9,11,13H2;(H,6,7). The number of halogens is 6. The van der Waals surface area contributed by atoms with Crippen LogP contribution >= 0.6 is 0 Å². The molecule has 0 fully saturated rings. The Morgan fingerprint density at radius 1 is 1.12 bits per heavy atom. The van der Waals surface area contributed by atoms with Gasteiger partial charge in [-0.2, -0.15) is 26.3 Å². The molecule has 1 aromatic heterocycles. The molecule has 0 bridgehead atoms. The molecule has 1 aromatic carbocycles. The highest BCUT2D eigenvalue weighted by atomic mass is 19.4. The number of nitrogens with one attached hydrogen (secondary N) is 1. The van der Waals surface area contributed by atoms with Crippen molar-refractivity contribution in [2.45, 2.75) is 43.3 Å². The van der Waals surface area contributed by atoms with Crippen molar-refractivity contribution < 1.29 is 41.4 Å². The van der Waals surface area contributed by atoms with Gasteiger partial charge in [0.15, 0.2) is 0 Å². The van der Waals surface area contributed by atoms with Gasteiger partial charge in [-0.25, -0.2) is 4.79 Å². The van der Waals surface area contributed by atoms with E-state index in [1.165, 1.54) is 12.1 Å². The number of nitrogens with zero attached hydrogens (tertiary/aromatic N) is 1. The number of aliphatic carboxylic acids is 1. The van der Waals surface area contributed by atoms with Gasteiger partial charge in [-0.15, -0.1) is 0 Å².